The molecule has 15 nitrogen and oxygen atoms in total. The fraction of sp³-hybridized carbons (Fsp3) is 0.383. The van der Waals surface area contributed by atoms with E-state index in [4.69, 9.17) is 86.0 Å². The molecule has 2 atom stereocenters. The second kappa shape index (κ2) is 40.0. The zero-order chi connectivity index (χ0) is 47.8. The largest absolute Gasteiger partial charge is 1.00 e. The second-order valence-electron chi connectivity index (χ2n) is 13.9. The number of benzene rings is 4. The van der Waals surface area contributed by atoms with Gasteiger partial charge in [0.15, 0.2) is 0 Å². The summed E-state index contributed by atoms with van der Waals surface area (Å²) in [6.45, 7) is 4.55. The van der Waals surface area contributed by atoms with E-state index in [1.54, 1.807) is 104 Å². The van der Waals surface area contributed by atoms with E-state index in [1.165, 1.54) is 0 Å². The third-order valence-corrected chi connectivity index (χ3v) is 9.54. The average molecular weight is 1100 g/mol. The summed E-state index contributed by atoms with van der Waals surface area (Å²) in [7, 11) is 0. The van der Waals surface area contributed by atoms with Gasteiger partial charge >= 0.3 is 53.4 Å². The smallest absolute Gasteiger partial charge is 0.870 e. The van der Waals surface area contributed by atoms with Crippen molar-refractivity contribution in [2.24, 2.45) is 11.7 Å². The van der Waals surface area contributed by atoms with E-state index >= 15 is 0 Å². The summed E-state index contributed by atoms with van der Waals surface area (Å²) in [5, 5.41) is 19.7. The molecular formula is C47H57BrCl4NNaO14. The molecule has 4 aromatic rings. The maximum atomic E-state index is 11.7. The molecule has 0 aromatic heterocycles. The van der Waals surface area contributed by atoms with Crippen LogP contribution in [-0.4, -0.2) is 91.0 Å². The van der Waals surface area contributed by atoms with Crippen LogP contribution in [0.5, 0.6) is 23.0 Å². The van der Waals surface area contributed by atoms with Crippen LogP contribution in [0.25, 0.3) is 0 Å². The van der Waals surface area contributed by atoms with Crippen molar-refractivity contribution in [2.75, 3.05) is 39.6 Å². The summed E-state index contributed by atoms with van der Waals surface area (Å²) in [5.41, 5.74) is 5.20. The number of aromatic hydroxyl groups is 1. The van der Waals surface area contributed by atoms with Crippen molar-refractivity contribution >= 4 is 93.0 Å². The maximum Gasteiger partial charge on any atom is 1.00 e. The molecule has 2 aliphatic heterocycles. The van der Waals surface area contributed by atoms with E-state index in [9.17, 15) is 24.0 Å². The first-order chi connectivity index (χ1) is 31.1. The van der Waals surface area contributed by atoms with Gasteiger partial charge < -0.3 is 49.8 Å². The van der Waals surface area contributed by atoms with Crippen molar-refractivity contribution in [1.29, 1.82) is 0 Å². The number of esters is 3. The van der Waals surface area contributed by atoms with Crippen molar-refractivity contribution in [2.45, 2.75) is 70.8 Å². The number of carbonyl (C=O) groups excluding carboxylic acids is 4. The molecule has 5 N–H and O–H groups in total. The van der Waals surface area contributed by atoms with E-state index in [0.29, 0.717) is 117 Å². The number of aliphatic carboxylic acids is 1. The minimum absolute atomic E-state index is 0. The first-order valence-corrected chi connectivity index (χ1v) is 22.2. The number of Topliss-reactive ketones (excluding diaryl/α,β-unsaturated/α-hetero) is 1. The van der Waals surface area contributed by atoms with Crippen molar-refractivity contribution in [3.05, 3.63) is 117 Å². The molecule has 0 aliphatic carbocycles. The molecule has 0 bridgehead atoms. The Labute approximate surface area is 449 Å². The first kappa shape index (κ1) is 66.3. The summed E-state index contributed by atoms with van der Waals surface area (Å²) < 4.78 is 30.3. The van der Waals surface area contributed by atoms with Crippen molar-refractivity contribution < 1.29 is 97.6 Å². The minimum Gasteiger partial charge on any atom is -0.870 e. The second-order valence-corrected chi connectivity index (χ2v) is 15.6. The number of nitrogens with two attached hydrogens (primary N) is 1. The number of phenolic OH excluding ortho intramolecular Hbond substituents is 1. The van der Waals surface area contributed by atoms with Crippen LogP contribution >= 0.6 is 63.4 Å². The van der Waals surface area contributed by atoms with E-state index < -0.39 is 5.97 Å². The van der Waals surface area contributed by atoms with Crippen molar-refractivity contribution in [1.82, 2.24) is 0 Å². The molecule has 2 aliphatic rings. The van der Waals surface area contributed by atoms with Gasteiger partial charge in [-0.3, -0.25) is 24.0 Å². The van der Waals surface area contributed by atoms with Gasteiger partial charge in [-0.1, -0.05) is 46.4 Å². The molecule has 0 spiro atoms. The fourth-order valence-corrected chi connectivity index (χ4v) is 5.66. The quantitative estimate of drug-likeness (QED) is 0.0381. The van der Waals surface area contributed by atoms with Gasteiger partial charge in [0, 0.05) is 52.2 Å². The van der Waals surface area contributed by atoms with Crippen LogP contribution < -0.4 is 49.5 Å². The van der Waals surface area contributed by atoms with E-state index in [2.05, 4.69) is 4.74 Å². The molecule has 0 saturated carbocycles. The monoisotopic (exact) mass is 1100 g/mol. The van der Waals surface area contributed by atoms with Gasteiger partial charge in [-0.2, -0.15) is 0 Å². The number of carboxylic acid groups (broad SMARTS) is 1. The third-order valence-electron chi connectivity index (χ3n) is 8.53. The Morgan fingerprint density at radius 3 is 1.34 bits per heavy atom. The molecule has 68 heavy (non-hydrogen) atoms. The number of ketones is 1. The number of carboxylic acids is 1. The van der Waals surface area contributed by atoms with Gasteiger partial charge in [-0.15, -0.1) is 17.0 Å². The van der Waals surface area contributed by atoms with Gasteiger partial charge in [-0.25, -0.2) is 0 Å². The Bertz CT molecular complexity index is 1980. The molecule has 2 heterocycles. The van der Waals surface area contributed by atoms with E-state index in [1.807, 2.05) is 0 Å². The standard InChI is InChI=1S/C15H17ClO4.C12H15ClO3.C10H11ClO3.C6H5ClO.C4H7NO2.BrH.Na.H2O/c16-12-3-5-14(6-4-12)19-8-1-2-13(17)10-11-7-9-20-15(11)18;1-2-15-12(14)4-3-9-16-11-7-5-10(13)6-8-11;11-8-3-5-9(6-4-8)14-7-1-2-10(12)13;7-5-1-3-6(8)4-2-5;5-3-1-2-7-4(3)6;;;/h3-6,11H,1-2,7-10H2;5-8H,2-4,9H2,1H3;3-6H,1-2,7H2,(H,12,13);1-4,8H;3H,1-2,5H2;1H;;1H2/q;;;;;;+1;/p-1. The molecule has 0 amide bonds. The zero-order valence-corrected chi connectivity index (χ0v) is 44.6. The van der Waals surface area contributed by atoms with Crippen LogP contribution in [0.1, 0.15) is 64.7 Å². The van der Waals surface area contributed by atoms with Crippen LogP contribution in [-0.2, 0) is 38.2 Å². The predicted octanol–water partition coefficient (Wildman–Crippen LogP) is 7.38. The number of hydrogen-bond acceptors (Lipinski definition) is 14. The summed E-state index contributed by atoms with van der Waals surface area (Å²) in [4.78, 5) is 54.4. The molecule has 2 fully saturated rings. The molecule has 4 aromatic carbocycles. The number of hydrogen-bond donors (Lipinski definition) is 3. The summed E-state index contributed by atoms with van der Waals surface area (Å²) >= 11 is 22.7. The molecular weight excluding hydrogens is 1050 g/mol. The summed E-state index contributed by atoms with van der Waals surface area (Å²) in [6.07, 6.45) is 4.39. The van der Waals surface area contributed by atoms with E-state index in [-0.39, 0.29) is 99.8 Å². The van der Waals surface area contributed by atoms with Crippen LogP contribution in [0.15, 0.2) is 97.1 Å². The van der Waals surface area contributed by atoms with Crippen molar-refractivity contribution in [3.8, 4) is 23.0 Å². The van der Waals surface area contributed by atoms with Crippen LogP contribution in [0.3, 0.4) is 0 Å². The zero-order valence-electron chi connectivity index (χ0n) is 37.8. The number of cyclic esters (lactones) is 2. The molecule has 0 radical (unpaired) electrons. The molecule has 2 unspecified atom stereocenters. The number of rotatable bonds is 18. The third kappa shape index (κ3) is 32.9. The Morgan fingerprint density at radius 1 is 0.632 bits per heavy atom. The summed E-state index contributed by atoms with van der Waals surface area (Å²) in [6, 6.07) is 27.2. The van der Waals surface area contributed by atoms with Gasteiger partial charge in [0.05, 0.1) is 45.6 Å². The molecule has 21 heteroatoms. The SMILES string of the molecule is Br.CCOC(=O)CCCOc1ccc(Cl)cc1.NC1CCOC1=O.O=C(CCCOc1ccc(Cl)cc1)CC1CCOC1=O.O=C(O)CCCOc1ccc(Cl)cc1.Oc1ccc(Cl)cc1.[Na+].[OH-]. The number of carbonyl (C=O) groups is 5. The number of phenols is 1. The van der Waals surface area contributed by atoms with Crippen LogP contribution in [0.4, 0.5) is 0 Å². The number of halogens is 5. The molecule has 6 rings (SSSR count). The van der Waals surface area contributed by atoms with Crippen LogP contribution in [0.2, 0.25) is 20.1 Å². The molecule has 370 valence electrons. The topological polar surface area (TPSA) is 237 Å². The Kier molecular flexibility index (Phi) is 39.0. The molecule has 2 saturated heterocycles. The minimum atomic E-state index is -0.801. The Hall–Kier alpha value is -3.81. The normalized spacial score (nSPS) is 13.8. The average Bonchev–Trinajstić information content (AvgIpc) is 3.88. The first-order valence-electron chi connectivity index (χ1n) is 20.7. The maximum absolute atomic E-state index is 11.7. The Morgan fingerprint density at radius 2 is 1.01 bits per heavy atom. The summed E-state index contributed by atoms with van der Waals surface area (Å²) in [5.74, 6) is 0.819. The van der Waals surface area contributed by atoms with E-state index in [0.717, 1.165) is 11.5 Å². The number of ether oxygens (including phenoxy) is 6. The Balaban J connectivity index is 0. The van der Waals surface area contributed by atoms with Crippen molar-refractivity contribution in [3.63, 3.8) is 0 Å². The van der Waals surface area contributed by atoms with Gasteiger partial charge in [0.25, 0.3) is 0 Å². The van der Waals surface area contributed by atoms with Gasteiger partial charge in [0.2, 0.25) is 0 Å². The predicted molar refractivity (Wildman–Crippen MR) is 260 cm³/mol. The van der Waals surface area contributed by atoms with Gasteiger partial charge in [0.1, 0.15) is 34.8 Å². The van der Waals surface area contributed by atoms with Gasteiger partial charge in [-0.05, 0) is 130 Å². The van der Waals surface area contributed by atoms with Crippen LogP contribution in [0, 0.1) is 5.92 Å². The fourth-order valence-electron chi connectivity index (χ4n) is 5.16.